The van der Waals surface area contributed by atoms with Gasteiger partial charge in [-0.1, -0.05) is 0 Å². The lowest BCUT2D eigenvalue weighted by atomic mass is 10.9. The van der Waals surface area contributed by atoms with Crippen LogP contribution in [0.5, 0.6) is 0 Å². The Morgan fingerprint density at radius 2 is 2.00 bits per heavy atom. The summed E-state index contributed by atoms with van der Waals surface area (Å²) in [5.74, 6) is 0. The van der Waals surface area contributed by atoms with E-state index < -0.39 is 0 Å². The van der Waals surface area contributed by atoms with Crippen LogP contribution < -0.4 is 0 Å². The average Bonchev–Trinajstić information content (AvgIpc) is 1.66. The predicted octanol–water partition coefficient (Wildman–Crippen LogP) is 0.126. The summed E-state index contributed by atoms with van der Waals surface area (Å²) < 4.78 is 9.59. The quantitative estimate of drug-likeness (QED) is 0.388. The molecule has 0 rings (SSSR count). The molecular weight excluding hydrogens is 106 g/mol. The number of rotatable bonds is 4. The molecule has 0 saturated carbocycles. The fourth-order valence-electron chi connectivity index (χ4n) is 0.303. The Balaban J connectivity index is 2.72. The van der Waals surface area contributed by atoms with Crippen LogP contribution in [0.2, 0.25) is 0 Å². The van der Waals surface area contributed by atoms with Gasteiger partial charge in [0, 0.05) is 7.11 Å². The molecule has 0 N–H and O–H groups in total. The van der Waals surface area contributed by atoms with Crippen LogP contribution in [0.4, 0.5) is 0 Å². The van der Waals surface area contributed by atoms with E-state index in [2.05, 4.69) is 4.74 Å². The zero-order valence-electron chi connectivity index (χ0n) is 5.68. The van der Waals surface area contributed by atoms with Crippen molar-refractivity contribution in [3.63, 3.8) is 0 Å². The van der Waals surface area contributed by atoms with E-state index in [1.165, 1.54) is 0 Å². The molecule has 0 radical (unpaired) electrons. The molecule has 3 heteroatoms. The molecule has 0 spiro atoms. The van der Waals surface area contributed by atoms with E-state index in [0.717, 1.165) is 0 Å². The average molecular weight is 119 g/mol. The van der Waals surface area contributed by atoms with Crippen LogP contribution >= 0.6 is 0 Å². The summed E-state index contributed by atoms with van der Waals surface area (Å²) in [7, 11) is 5.49. The van der Waals surface area contributed by atoms with Crippen molar-refractivity contribution in [2.75, 3.05) is 34.7 Å². The van der Waals surface area contributed by atoms with Gasteiger partial charge in [0.15, 0.2) is 0 Å². The third-order valence-electron chi connectivity index (χ3n) is 0.551. The second-order valence-corrected chi connectivity index (χ2v) is 1.82. The molecule has 0 aliphatic rings. The Bertz CT molecular complexity index is 47.7. The lowest BCUT2D eigenvalue weighted by Crippen LogP contribution is -2.16. The topological polar surface area (TPSA) is 21.7 Å². The largest absolute Gasteiger partial charge is 0.359 e. The van der Waals surface area contributed by atoms with Gasteiger partial charge in [-0.25, -0.2) is 0 Å². The normalized spacial score (nSPS) is 10.5. The predicted molar refractivity (Wildman–Crippen MR) is 31.5 cm³/mol. The van der Waals surface area contributed by atoms with Crippen LogP contribution in [0, 0.1) is 0 Å². The van der Waals surface area contributed by atoms with Gasteiger partial charge in [0.1, 0.15) is 13.5 Å². The second-order valence-electron chi connectivity index (χ2n) is 1.82. The number of hydrogen-bond acceptors (Lipinski definition) is 3. The first-order valence-corrected chi connectivity index (χ1v) is 2.48. The van der Waals surface area contributed by atoms with Crippen LogP contribution in [-0.4, -0.2) is 39.6 Å². The first-order valence-electron chi connectivity index (χ1n) is 2.48. The summed E-state index contributed by atoms with van der Waals surface area (Å²) in [5.41, 5.74) is 0. The van der Waals surface area contributed by atoms with Crippen molar-refractivity contribution in [1.29, 1.82) is 0 Å². The van der Waals surface area contributed by atoms with E-state index in [9.17, 15) is 0 Å². The molecule has 0 atom stereocenters. The van der Waals surface area contributed by atoms with E-state index >= 15 is 0 Å². The smallest absolute Gasteiger partial charge is 0.148 e. The van der Waals surface area contributed by atoms with Crippen LogP contribution in [0.1, 0.15) is 0 Å². The molecule has 0 fully saturated rings. The minimum Gasteiger partial charge on any atom is -0.359 e. The fourth-order valence-corrected chi connectivity index (χ4v) is 0.303. The van der Waals surface area contributed by atoms with Crippen LogP contribution in [0.15, 0.2) is 0 Å². The van der Waals surface area contributed by atoms with E-state index in [-0.39, 0.29) is 0 Å². The van der Waals surface area contributed by atoms with Gasteiger partial charge < -0.3 is 9.47 Å². The Kier molecular flexibility index (Phi) is 4.95. The van der Waals surface area contributed by atoms with Crippen molar-refractivity contribution in [2.24, 2.45) is 0 Å². The van der Waals surface area contributed by atoms with Gasteiger partial charge >= 0.3 is 0 Å². The molecule has 0 amide bonds. The maximum absolute atomic E-state index is 4.95. The third kappa shape index (κ3) is 5.88. The van der Waals surface area contributed by atoms with Crippen molar-refractivity contribution in [1.82, 2.24) is 4.90 Å². The summed E-state index contributed by atoms with van der Waals surface area (Å²) in [6.45, 7) is 0.992. The fraction of sp³-hybridized carbons (Fsp3) is 1.00. The van der Waals surface area contributed by atoms with Crippen LogP contribution in [-0.2, 0) is 9.47 Å². The maximum Gasteiger partial charge on any atom is 0.148 e. The zero-order valence-corrected chi connectivity index (χ0v) is 5.68. The van der Waals surface area contributed by atoms with Crippen molar-refractivity contribution in [2.45, 2.75) is 0 Å². The molecule has 0 bridgehead atoms. The highest BCUT2D eigenvalue weighted by molar-refractivity contribution is 4.21. The molecule has 0 aromatic rings. The zero-order chi connectivity index (χ0) is 6.41. The number of hydrogen-bond donors (Lipinski definition) is 0. The van der Waals surface area contributed by atoms with Crippen molar-refractivity contribution in [3.05, 3.63) is 0 Å². The monoisotopic (exact) mass is 119 g/mol. The highest BCUT2D eigenvalue weighted by Gasteiger charge is 1.85. The summed E-state index contributed by atoms with van der Waals surface area (Å²) >= 11 is 0. The number of nitrogens with zero attached hydrogens (tertiary/aromatic N) is 1. The highest BCUT2D eigenvalue weighted by Crippen LogP contribution is 1.76. The van der Waals surface area contributed by atoms with E-state index in [0.29, 0.717) is 13.5 Å². The molecule has 0 aromatic carbocycles. The van der Waals surface area contributed by atoms with Gasteiger partial charge in [-0.15, -0.1) is 0 Å². The standard InChI is InChI=1S/C5H13NO2/c1-6(2)4-8-5-7-3/h4-5H2,1-3H3. The molecule has 0 unspecified atom stereocenters. The molecule has 0 aliphatic carbocycles. The third-order valence-corrected chi connectivity index (χ3v) is 0.551. The lowest BCUT2D eigenvalue weighted by Gasteiger charge is -2.08. The molecular formula is C5H13NO2. The highest BCUT2D eigenvalue weighted by atomic mass is 16.7. The van der Waals surface area contributed by atoms with E-state index in [1.54, 1.807) is 7.11 Å². The molecule has 0 heterocycles. The maximum atomic E-state index is 4.95. The van der Waals surface area contributed by atoms with Gasteiger partial charge in [0.2, 0.25) is 0 Å². The van der Waals surface area contributed by atoms with Gasteiger partial charge in [-0.2, -0.15) is 0 Å². The minimum absolute atomic E-state index is 0.373. The van der Waals surface area contributed by atoms with Crippen LogP contribution in [0.25, 0.3) is 0 Å². The molecule has 8 heavy (non-hydrogen) atoms. The first kappa shape index (κ1) is 7.88. The van der Waals surface area contributed by atoms with Crippen molar-refractivity contribution in [3.8, 4) is 0 Å². The Hall–Kier alpha value is -0.120. The van der Waals surface area contributed by atoms with Crippen molar-refractivity contribution < 1.29 is 9.47 Å². The molecule has 50 valence electrons. The van der Waals surface area contributed by atoms with Gasteiger partial charge in [-0.3, -0.25) is 4.90 Å². The molecule has 0 saturated heterocycles. The van der Waals surface area contributed by atoms with E-state index in [4.69, 9.17) is 4.74 Å². The molecule has 0 aliphatic heterocycles. The summed E-state index contributed by atoms with van der Waals surface area (Å²) in [5, 5.41) is 0. The van der Waals surface area contributed by atoms with E-state index in [1.807, 2.05) is 19.0 Å². The summed E-state index contributed by atoms with van der Waals surface area (Å²) in [6, 6.07) is 0. The Morgan fingerprint density at radius 1 is 1.38 bits per heavy atom. The Morgan fingerprint density at radius 3 is 2.38 bits per heavy atom. The number of methoxy groups -OCH3 is 1. The van der Waals surface area contributed by atoms with Gasteiger partial charge in [-0.05, 0) is 14.1 Å². The van der Waals surface area contributed by atoms with Gasteiger partial charge in [0.25, 0.3) is 0 Å². The van der Waals surface area contributed by atoms with Crippen LogP contribution in [0.3, 0.4) is 0 Å². The van der Waals surface area contributed by atoms with Gasteiger partial charge in [0.05, 0.1) is 0 Å². The summed E-state index contributed by atoms with van der Waals surface area (Å²) in [6.07, 6.45) is 0. The first-order chi connectivity index (χ1) is 3.77. The lowest BCUT2D eigenvalue weighted by molar-refractivity contribution is -0.0626. The number of ether oxygens (including phenoxy) is 2. The Labute approximate surface area is 50.2 Å². The SMILES string of the molecule is COCOCN(C)C. The second kappa shape index (κ2) is 5.03. The summed E-state index contributed by atoms with van der Waals surface area (Å²) in [4.78, 5) is 1.93. The molecule has 0 aromatic heterocycles. The minimum atomic E-state index is 0.373. The van der Waals surface area contributed by atoms with Crippen molar-refractivity contribution >= 4 is 0 Å². The molecule has 3 nitrogen and oxygen atoms in total.